The molecule has 0 aromatic rings. The van der Waals surface area contributed by atoms with Gasteiger partial charge in [-0.05, 0) is 26.8 Å². The number of likely N-dealkylation sites (N-methyl/N-ethyl adjacent to an activating group) is 1. The maximum absolute atomic E-state index is 10.1. The first-order valence-corrected chi connectivity index (χ1v) is 6.26. The molecule has 2 aliphatic rings. The number of rotatable bonds is 4. The van der Waals surface area contributed by atoms with Gasteiger partial charge in [-0.15, -0.1) is 0 Å². The van der Waals surface area contributed by atoms with Crippen LogP contribution in [0.25, 0.3) is 0 Å². The Labute approximate surface area is 97.5 Å². The fourth-order valence-corrected chi connectivity index (χ4v) is 2.73. The summed E-state index contributed by atoms with van der Waals surface area (Å²) < 4.78 is 10.8. The molecule has 2 heterocycles. The van der Waals surface area contributed by atoms with Gasteiger partial charge in [-0.1, -0.05) is 0 Å². The minimum atomic E-state index is -0.264. The van der Waals surface area contributed by atoms with E-state index in [0.29, 0.717) is 18.6 Å². The summed E-state index contributed by atoms with van der Waals surface area (Å²) in [7, 11) is 2.08. The Kier molecular flexibility index (Phi) is 4.19. The van der Waals surface area contributed by atoms with Crippen molar-refractivity contribution in [1.82, 2.24) is 4.90 Å². The van der Waals surface area contributed by atoms with Gasteiger partial charge >= 0.3 is 0 Å². The second-order valence-electron chi connectivity index (χ2n) is 5.06. The highest BCUT2D eigenvalue weighted by Crippen LogP contribution is 2.21. The number of ether oxygens (including phenoxy) is 2. The van der Waals surface area contributed by atoms with Gasteiger partial charge < -0.3 is 14.6 Å². The number of hydrogen-bond acceptors (Lipinski definition) is 4. The molecular weight excluding hydrogens is 206 g/mol. The van der Waals surface area contributed by atoms with Crippen LogP contribution in [0.2, 0.25) is 0 Å². The third-order valence-corrected chi connectivity index (χ3v) is 3.89. The molecule has 0 radical (unpaired) electrons. The normalized spacial score (nSPS) is 37.1. The molecule has 2 aliphatic heterocycles. The lowest BCUT2D eigenvalue weighted by Crippen LogP contribution is -2.43. The van der Waals surface area contributed by atoms with Crippen molar-refractivity contribution < 1.29 is 14.6 Å². The second kappa shape index (κ2) is 5.45. The van der Waals surface area contributed by atoms with Gasteiger partial charge in [-0.3, -0.25) is 4.90 Å². The van der Waals surface area contributed by atoms with Crippen LogP contribution in [0, 0.1) is 5.92 Å². The van der Waals surface area contributed by atoms with E-state index in [1.165, 1.54) is 0 Å². The van der Waals surface area contributed by atoms with Crippen LogP contribution in [0.3, 0.4) is 0 Å². The van der Waals surface area contributed by atoms with E-state index < -0.39 is 0 Å². The molecule has 0 saturated carbocycles. The summed E-state index contributed by atoms with van der Waals surface area (Å²) in [6, 6.07) is 0.456. The summed E-state index contributed by atoms with van der Waals surface area (Å²) in [5.74, 6) is 0.320. The van der Waals surface area contributed by atoms with Crippen molar-refractivity contribution in [2.45, 2.75) is 38.0 Å². The van der Waals surface area contributed by atoms with E-state index in [1.807, 2.05) is 0 Å². The highest BCUT2D eigenvalue weighted by atomic mass is 16.5. The maximum atomic E-state index is 10.1. The van der Waals surface area contributed by atoms with E-state index in [-0.39, 0.29) is 12.2 Å². The van der Waals surface area contributed by atoms with Gasteiger partial charge in [-0.2, -0.15) is 0 Å². The van der Waals surface area contributed by atoms with E-state index in [9.17, 15) is 5.11 Å². The third-order valence-electron chi connectivity index (χ3n) is 3.89. The number of hydrogen-bond donors (Lipinski definition) is 1. The first kappa shape index (κ1) is 12.3. The van der Waals surface area contributed by atoms with Crippen LogP contribution >= 0.6 is 0 Å². The van der Waals surface area contributed by atoms with Crippen LogP contribution in [0.1, 0.15) is 19.8 Å². The van der Waals surface area contributed by atoms with E-state index in [2.05, 4.69) is 18.9 Å². The molecule has 0 aliphatic carbocycles. The minimum absolute atomic E-state index is 0.264. The first-order chi connectivity index (χ1) is 7.68. The average molecular weight is 229 g/mol. The first-order valence-electron chi connectivity index (χ1n) is 6.26. The van der Waals surface area contributed by atoms with Gasteiger partial charge in [-0.25, -0.2) is 0 Å². The summed E-state index contributed by atoms with van der Waals surface area (Å²) in [4.78, 5) is 2.24. The summed E-state index contributed by atoms with van der Waals surface area (Å²) >= 11 is 0. The van der Waals surface area contributed by atoms with Crippen molar-refractivity contribution in [2.24, 2.45) is 5.92 Å². The number of aliphatic hydroxyl groups excluding tert-OH is 1. The lowest BCUT2D eigenvalue weighted by molar-refractivity contribution is 0.0323. The fraction of sp³-hybridized carbons (Fsp3) is 1.00. The van der Waals surface area contributed by atoms with E-state index >= 15 is 0 Å². The summed E-state index contributed by atoms with van der Waals surface area (Å²) in [5.41, 5.74) is 0. The molecule has 0 aromatic heterocycles. The van der Waals surface area contributed by atoms with Crippen molar-refractivity contribution >= 4 is 0 Å². The van der Waals surface area contributed by atoms with Crippen molar-refractivity contribution in [1.29, 1.82) is 0 Å². The Balaban J connectivity index is 1.79. The smallest absolute Gasteiger partial charge is 0.0718 e. The topological polar surface area (TPSA) is 41.9 Å². The van der Waals surface area contributed by atoms with Crippen molar-refractivity contribution in [3.8, 4) is 0 Å². The number of nitrogens with zero attached hydrogens (tertiary/aromatic N) is 1. The quantitative estimate of drug-likeness (QED) is 0.762. The summed E-state index contributed by atoms with van der Waals surface area (Å²) in [5, 5.41) is 10.1. The van der Waals surface area contributed by atoms with Crippen LogP contribution in [0.15, 0.2) is 0 Å². The second-order valence-corrected chi connectivity index (χ2v) is 5.06. The zero-order valence-corrected chi connectivity index (χ0v) is 10.3. The monoisotopic (exact) mass is 229 g/mol. The molecule has 16 heavy (non-hydrogen) atoms. The Hall–Kier alpha value is -0.160. The molecule has 2 saturated heterocycles. The highest BCUT2D eigenvalue weighted by molar-refractivity contribution is 4.83. The lowest BCUT2D eigenvalue weighted by Gasteiger charge is -2.30. The van der Waals surface area contributed by atoms with Crippen molar-refractivity contribution in [2.75, 3.05) is 33.4 Å². The predicted octanol–water partition coefficient (Wildman–Crippen LogP) is 0.493. The van der Waals surface area contributed by atoms with Gasteiger partial charge in [0.25, 0.3) is 0 Å². The SMILES string of the molecule is CC1OCCC1N(C)CC(O)C1CCOC1. The molecule has 0 aromatic carbocycles. The molecule has 0 bridgehead atoms. The maximum Gasteiger partial charge on any atom is 0.0718 e. The Bertz CT molecular complexity index is 218. The summed E-state index contributed by atoms with van der Waals surface area (Å²) in [6.45, 7) is 5.20. The Morgan fingerprint density at radius 2 is 2.19 bits per heavy atom. The molecular formula is C12H23NO3. The Morgan fingerprint density at radius 1 is 1.38 bits per heavy atom. The minimum Gasteiger partial charge on any atom is -0.391 e. The van der Waals surface area contributed by atoms with Crippen molar-refractivity contribution in [3.05, 3.63) is 0 Å². The van der Waals surface area contributed by atoms with Crippen LogP contribution in [-0.4, -0.2) is 61.7 Å². The summed E-state index contributed by atoms with van der Waals surface area (Å²) in [6.07, 6.45) is 2.09. The zero-order valence-electron chi connectivity index (χ0n) is 10.3. The van der Waals surface area contributed by atoms with Gasteiger partial charge in [0, 0.05) is 31.7 Å². The van der Waals surface area contributed by atoms with Crippen LogP contribution in [0.4, 0.5) is 0 Å². The molecule has 4 unspecified atom stereocenters. The van der Waals surface area contributed by atoms with Crippen LogP contribution < -0.4 is 0 Å². The largest absolute Gasteiger partial charge is 0.391 e. The van der Waals surface area contributed by atoms with E-state index in [1.54, 1.807) is 0 Å². The molecule has 1 N–H and O–H groups in total. The van der Waals surface area contributed by atoms with Gasteiger partial charge in [0.05, 0.1) is 18.8 Å². The fourth-order valence-electron chi connectivity index (χ4n) is 2.73. The van der Waals surface area contributed by atoms with Gasteiger partial charge in [0.2, 0.25) is 0 Å². The van der Waals surface area contributed by atoms with Crippen LogP contribution in [-0.2, 0) is 9.47 Å². The molecule has 4 nitrogen and oxygen atoms in total. The van der Waals surface area contributed by atoms with E-state index in [0.717, 1.165) is 32.6 Å². The van der Waals surface area contributed by atoms with E-state index in [4.69, 9.17) is 9.47 Å². The van der Waals surface area contributed by atoms with Gasteiger partial charge in [0.1, 0.15) is 0 Å². The standard InChI is InChI=1S/C12H23NO3/c1-9-11(4-6-16-9)13(2)7-12(14)10-3-5-15-8-10/h9-12,14H,3-8H2,1-2H3. The third kappa shape index (κ3) is 2.74. The van der Waals surface area contributed by atoms with Gasteiger partial charge in [0.15, 0.2) is 0 Å². The molecule has 4 heteroatoms. The van der Waals surface area contributed by atoms with Crippen molar-refractivity contribution in [3.63, 3.8) is 0 Å². The molecule has 0 amide bonds. The Morgan fingerprint density at radius 3 is 2.75 bits per heavy atom. The molecule has 0 spiro atoms. The molecule has 2 rings (SSSR count). The average Bonchev–Trinajstić information content (AvgIpc) is 2.86. The zero-order chi connectivity index (χ0) is 11.5. The highest BCUT2D eigenvalue weighted by Gasteiger charge is 2.31. The lowest BCUT2D eigenvalue weighted by atomic mass is 10.0. The molecule has 94 valence electrons. The molecule has 2 fully saturated rings. The number of aliphatic hydroxyl groups is 1. The molecule has 4 atom stereocenters. The predicted molar refractivity (Wildman–Crippen MR) is 61.4 cm³/mol. The van der Waals surface area contributed by atoms with Crippen LogP contribution in [0.5, 0.6) is 0 Å².